The topological polar surface area (TPSA) is 80.4 Å². The van der Waals surface area contributed by atoms with E-state index < -0.39 is 39.8 Å². The fraction of sp³-hybridized carbons (Fsp3) is 0.417. The zero-order valence-corrected chi connectivity index (χ0v) is 10.5. The predicted molar refractivity (Wildman–Crippen MR) is 63.4 cm³/mol. The molecule has 0 aliphatic heterocycles. The molecule has 0 heterocycles. The minimum absolute atomic E-state index is 0.0240. The third-order valence-corrected chi connectivity index (χ3v) is 2.80. The highest BCUT2D eigenvalue weighted by molar-refractivity contribution is 5.77. The first kappa shape index (κ1) is 15.9. The molecule has 1 aromatic rings. The Morgan fingerprint density at radius 2 is 2.05 bits per heavy atom. The fourth-order valence-corrected chi connectivity index (χ4v) is 1.91. The molecule has 0 aromatic heterocycles. The summed E-state index contributed by atoms with van der Waals surface area (Å²) < 4.78 is 38.8. The van der Waals surface area contributed by atoms with Gasteiger partial charge in [0.25, 0.3) is 5.69 Å². The highest BCUT2D eigenvalue weighted by Gasteiger charge is 2.38. The van der Waals surface area contributed by atoms with E-state index in [2.05, 4.69) is 0 Å². The maximum Gasteiger partial charge on any atom is 0.416 e. The van der Waals surface area contributed by atoms with E-state index in [1.807, 2.05) is 0 Å². The van der Waals surface area contributed by atoms with Crippen molar-refractivity contribution in [2.24, 2.45) is 0 Å². The van der Waals surface area contributed by atoms with Crippen LogP contribution in [0, 0.1) is 10.1 Å². The monoisotopic (exact) mass is 291 g/mol. The van der Waals surface area contributed by atoms with Crippen molar-refractivity contribution in [2.45, 2.75) is 31.9 Å². The maximum absolute atomic E-state index is 12.9. The second-order valence-electron chi connectivity index (χ2n) is 4.21. The van der Waals surface area contributed by atoms with E-state index in [1.165, 1.54) is 0 Å². The lowest BCUT2D eigenvalue weighted by atomic mass is 9.90. The number of non-ortho nitro benzene ring substituents is 1. The summed E-state index contributed by atoms with van der Waals surface area (Å²) >= 11 is 0. The van der Waals surface area contributed by atoms with Crippen molar-refractivity contribution in [1.29, 1.82) is 0 Å². The van der Waals surface area contributed by atoms with Crippen molar-refractivity contribution in [3.63, 3.8) is 0 Å². The van der Waals surface area contributed by atoms with Gasteiger partial charge in [-0.3, -0.25) is 14.9 Å². The number of halogens is 3. The van der Waals surface area contributed by atoms with E-state index in [-0.39, 0.29) is 6.42 Å². The van der Waals surface area contributed by atoms with Gasteiger partial charge in [-0.15, -0.1) is 0 Å². The van der Waals surface area contributed by atoms with Gasteiger partial charge in [-0.25, -0.2) is 0 Å². The van der Waals surface area contributed by atoms with Crippen LogP contribution in [-0.4, -0.2) is 16.0 Å². The van der Waals surface area contributed by atoms with Gasteiger partial charge in [-0.2, -0.15) is 13.2 Å². The normalized spacial score (nSPS) is 13.0. The minimum Gasteiger partial charge on any atom is -0.481 e. The zero-order chi connectivity index (χ0) is 15.5. The fourth-order valence-electron chi connectivity index (χ4n) is 1.91. The van der Waals surface area contributed by atoms with Crippen LogP contribution >= 0.6 is 0 Å². The number of nitro benzene ring substituents is 1. The molecule has 0 saturated carbocycles. The molecule has 5 nitrogen and oxygen atoms in total. The lowest BCUT2D eigenvalue weighted by Gasteiger charge is -2.17. The standard InChI is InChI=1S/C12H12F3NO4/c1-2-3-9(11(17)18)8-5-4-7(16(19)20)6-10(8)12(13,14)15/h4-6,9H,2-3H2,1H3,(H,17,18). The SMILES string of the molecule is CCCC(C(=O)O)c1ccc([N+](=O)[O-])cc1C(F)(F)F. The Bertz CT molecular complexity index is 528. The molecule has 0 bridgehead atoms. The van der Waals surface area contributed by atoms with E-state index >= 15 is 0 Å². The van der Waals surface area contributed by atoms with E-state index in [0.717, 1.165) is 12.1 Å². The third-order valence-electron chi connectivity index (χ3n) is 2.80. The molecule has 0 spiro atoms. The zero-order valence-electron chi connectivity index (χ0n) is 10.5. The first-order chi connectivity index (χ1) is 9.18. The van der Waals surface area contributed by atoms with E-state index in [0.29, 0.717) is 12.5 Å². The molecule has 1 aromatic carbocycles. The first-order valence-corrected chi connectivity index (χ1v) is 5.76. The van der Waals surface area contributed by atoms with E-state index in [1.54, 1.807) is 6.92 Å². The molecule has 1 unspecified atom stereocenters. The third kappa shape index (κ3) is 3.46. The van der Waals surface area contributed by atoms with Crippen molar-refractivity contribution >= 4 is 11.7 Å². The number of alkyl halides is 3. The Balaban J connectivity index is 3.45. The summed E-state index contributed by atoms with van der Waals surface area (Å²) in [5.74, 6) is -2.72. The molecule has 1 rings (SSSR count). The second-order valence-corrected chi connectivity index (χ2v) is 4.21. The summed E-state index contributed by atoms with van der Waals surface area (Å²) in [6.45, 7) is 1.65. The minimum atomic E-state index is -4.84. The number of carboxylic acids is 1. The average Bonchev–Trinajstić information content (AvgIpc) is 2.33. The molecule has 8 heteroatoms. The molecule has 0 saturated heterocycles. The lowest BCUT2D eigenvalue weighted by Crippen LogP contribution is -2.18. The molecular weight excluding hydrogens is 279 g/mol. The number of hydrogen-bond donors (Lipinski definition) is 1. The van der Waals surface area contributed by atoms with Gasteiger partial charge in [0.1, 0.15) is 0 Å². The summed E-state index contributed by atoms with van der Waals surface area (Å²) in [5, 5.41) is 19.6. The van der Waals surface area contributed by atoms with Crippen LogP contribution in [0.2, 0.25) is 0 Å². The van der Waals surface area contributed by atoms with Crippen molar-refractivity contribution in [2.75, 3.05) is 0 Å². The molecule has 1 atom stereocenters. The van der Waals surface area contributed by atoms with Crippen LogP contribution in [0.25, 0.3) is 0 Å². The maximum atomic E-state index is 12.9. The summed E-state index contributed by atoms with van der Waals surface area (Å²) in [4.78, 5) is 20.7. The summed E-state index contributed by atoms with van der Waals surface area (Å²) in [5.41, 5.74) is -2.44. The van der Waals surface area contributed by atoms with Crippen LogP contribution in [0.1, 0.15) is 36.8 Å². The Morgan fingerprint density at radius 1 is 1.45 bits per heavy atom. The van der Waals surface area contributed by atoms with Gasteiger partial charge >= 0.3 is 12.1 Å². The summed E-state index contributed by atoms with van der Waals surface area (Å²) in [7, 11) is 0. The van der Waals surface area contributed by atoms with Crippen LogP contribution in [0.4, 0.5) is 18.9 Å². The number of nitro groups is 1. The van der Waals surface area contributed by atoms with Gasteiger partial charge in [0.05, 0.1) is 16.4 Å². The second kappa shape index (κ2) is 5.89. The molecule has 0 aliphatic rings. The molecule has 0 aliphatic carbocycles. The number of aliphatic carboxylic acids is 1. The number of benzene rings is 1. The highest BCUT2D eigenvalue weighted by Crippen LogP contribution is 2.38. The van der Waals surface area contributed by atoms with Crippen molar-refractivity contribution < 1.29 is 28.0 Å². The Labute approximate surface area is 112 Å². The molecule has 20 heavy (non-hydrogen) atoms. The quantitative estimate of drug-likeness (QED) is 0.664. The Morgan fingerprint density at radius 3 is 2.45 bits per heavy atom. The largest absolute Gasteiger partial charge is 0.481 e. The smallest absolute Gasteiger partial charge is 0.416 e. The molecule has 110 valence electrons. The summed E-state index contributed by atoms with van der Waals surface area (Å²) in [6, 6.07) is 2.13. The number of carboxylic acid groups (broad SMARTS) is 1. The molecule has 0 amide bonds. The van der Waals surface area contributed by atoms with Crippen molar-refractivity contribution in [1.82, 2.24) is 0 Å². The number of hydrogen-bond acceptors (Lipinski definition) is 3. The number of nitrogens with zero attached hydrogens (tertiary/aromatic N) is 1. The molecule has 0 fully saturated rings. The Hall–Kier alpha value is -2.12. The van der Waals surface area contributed by atoms with Crippen LogP contribution in [0.3, 0.4) is 0 Å². The highest BCUT2D eigenvalue weighted by atomic mass is 19.4. The molecule has 1 N–H and O–H groups in total. The van der Waals surface area contributed by atoms with Gasteiger partial charge in [-0.1, -0.05) is 19.4 Å². The van der Waals surface area contributed by atoms with Gasteiger partial charge in [0, 0.05) is 12.1 Å². The van der Waals surface area contributed by atoms with Crippen LogP contribution in [0.5, 0.6) is 0 Å². The Kier molecular flexibility index (Phi) is 4.69. The number of carbonyl (C=O) groups is 1. The van der Waals surface area contributed by atoms with Crippen molar-refractivity contribution in [3.05, 3.63) is 39.4 Å². The van der Waals surface area contributed by atoms with Gasteiger partial charge in [0.2, 0.25) is 0 Å². The average molecular weight is 291 g/mol. The van der Waals surface area contributed by atoms with Crippen LogP contribution in [0.15, 0.2) is 18.2 Å². The first-order valence-electron chi connectivity index (χ1n) is 5.76. The summed E-state index contributed by atoms with van der Waals surface area (Å²) in [6.07, 6.45) is -4.44. The van der Waals surface area contributed by atoms with Gasteiger partial charge in [-0.05, 0) is 12.0 Å². The van der Waals surface area contributed by atoms with E-state index in [4.69, 9.17) is 5.11 Å². The van der Waals surface area contributed by atoms with Crippen LogP contribution in [-0.2, 0) is 11.0 Å². The van der Waals surface area contributed by atoms with Gasteiger partial charge < -0.3 is 5.11 Å². The van der Waals surface area contributed by atoms with Gasteiger partial charge in [0.15, 0.2) is 0 Å². The predicted octanol–water partition coefficient (Wildman–Crippen LogP) is 3.58. The van der Waals surface area contributed by atoms with Crippen LogP contribution < -0.4 is 0 Å². The lowest BCUT2D eigenvalue weighted by molar-refractivity contribution is -0.385. The number of rotatable bonds is 5. The van der Waals surface area contributed by atoms with Crippen molar-refractivity contribution in [3.8, 4) is 0 Å². The van der Waals surface area contributed by atoms with E-state index in [9.17, 15) is 28.1 Å². The molecular formula is C12H12F3NO4. The molecule has 0 radical (unpaired) electrons.